The maximum absolute atomic E-state index is 12.3. The lowest BCUT2D eigenvalue weighted by molar-refractivity contribution is 0.459. The second-order valence-electron chi connectivity index (χ2n) is 4.26. The Morgan fingerprint density at radius 3 is 2.89 bits per heavy atom. The number of benzene rings is 1. The molecule has 18 heavy (non-hydrogen) atoms. The number of nitrogens with zero attached hydrogens (tertiary/aromatic N) is 2. The normalized spacial score (nSPS) is 12.4. The summed E-state index contributed by atoms with van der Waals surface area (Å²) in [6.07, 6.45) is 3.39. The summed E-state index contributed by atoms with van der Waals surface area (Å²) in [7, 11) is -1.78. The van der Waals surface area contributed by atoms with Crippen LogP contribution >= 0.6 is 0 Å². The average Bonchev–Trinajstić information content (AvgIpc) is 2.82. The molecule has 0 spiro atoms. The number of H-pyrrole nitrogens is 1. The molecule has 0 saturated carbocycles. The van der Waals surface area contributed by atoms with Gasteiger partial charge in [-0.25, -0.2) is 17.7 Å². The van der Waals surface area contributed by atoms with Crippen molar-refractivity contribution in [2.75, 3.05) is 13.6 Å². The van der Waals surface area contributed by atoms with E-state index in [9.17, 15) is 8.42 Å². The predicted molar refractivity (Wildman–Crippen MR) is 70.8 cm³/mol. The van der Waals surface area contributed by atoms with Gasteiger partial charge >= 0.3 is 0 Å². The predicted octanol–water partition coefficient (Wildman–Crippen LogP) is 1.98. The molecule has 0 atom stereocenters. The largest absolute Gasteiger partial charge is 0.345 e. The molecule has 6 heteroatoms. The first-order valence-electron chi connectivity index (χ1n) is 5.95. The van der Waals surface area contributed by atoms with Crippen LogP contribution in [0.15, 0.2) is 29.4 Å². The van der Waals surface area contributed by atoms with Crippen LogP contribution < -0.4 is 0 Å². The van der Waals surface area contributed by atoms with Gasteiger partial charge < -0.3 is 4.98 Å². The highest BCUT2D eigenvalue weighted by molar-refractivity contribution is 7.89. The molecule has 0 aliphatic heterocycles. The lowest BCUT2D eigenvalue weighted by Crippen LogP contribution is -2.27. The third-order valence-electron chi connectivity index (χ3n) is 2.93. The Balaban J connectivity index is 2.33. The summed E-state index contributed by atoms with van der Waals surface area (Å²) >= 11 is 0. The lowest BCUT2D eigenvalue weighted by Gasteiger charge is -2.16. The number of hydrogen-bond donors (Lipinski definition) is 1. The van der Waals surface area contributed by atoms with E-state index in [1.54, 1.807) is 31.6 Å². The first-order valence-corrected chi connectivity index (χ1v) is 7.39. The Morgan fingerprint density at radius 2 is 2.17 bits per heavy atom. The van der Waals surface area contributed by atoms with E-state index in [4.69, 9.17) is 0 Å². The minimum absolute atomic E-state index is 0.304. The Morgan fingerprint density at radius 1 is 1.39 bits per heavy atom. The van der Waals surface area contributed by atoms with Crippen molar-refractivity contribution in [3.05, 3.63) is 24.5 Å². The van der Waals surface area contributed by atoms with Gasteiger partial charge in [0.05, 0.1) is 22.3 Å². The molecule has 0 radical (unpaired) electrons. The maximum Gasteiger partial charge on any atom is 0.242 e. The van der Waals surface area contributed by atoms with Crippen LogP contribution in [0.3, 0.4) is 0 Å². The number of nitrogens with one attached hydrogen (secondary N) is 1. The molecule has 1 aromatic carbocycles. The number of fused-ring (bicyclic) bond motifs is 1. The van der Waals surface area contributed by atoms with Crippen LogP contribution in [-0.4, -0.2) is 36.3 Å². The van der Waals surface area contributed by atoms with Crippen LogP contribution in [0.4, 0.5) is 0 Å². The number of rotatable bonds is 5. The van der Waals surface area contributed by atoms with E-state index in [1.807, 2.05) is 6.92 Å². The van der Waals surface area contributed by atoms with E-state index < -0.39 is 10.0 Å². The molecule has 0 bridgehead atoms. The Kier molecular flexibility index (Phi) is 3.68. The summed E-state index contributed by atoms with van der Waals surface area (Å²) in [5.41, 5.74) is 1.50. The van der Waals surface area contributed by atoms with Crippen LogP contribution in [-0.2, 0) is 10.0 Å². The van der Waals surface area contributed by atoms with Crippen LogP contribution in [0.1, 0.15) is 19.8 Å². The second kappa shape index (κ2) is 5.07. The van der Waals surface area contributed by atoms with Crippen molar-refractivity contribution in [2.24, 2.45) is 0 Å². The summed E-state index contributed by atoms with van der Waals surface area (Å²) < 4.78 is 26.0. The van der Waals surface area contributed by atoms with Crippen molar-refractivity contribution in [3.8, 4) is 0 Å². The van der Waals surface area contributed by atoms with E-state index >= 15 is 0 Å². The molecule has 2 rings (SSSR count). The number of aromatic amines is 1. The fourth-order valence-corrected chi connectivity index (χ4v) is 2.99. The maximum atomic E-state index is 12.3. The van der Waals surface area contributed by atoms with Gasteiger partial charge in [0.1, 0.15) is 0 Å². The summed E-state index contributed by atoms with van der Waals surface area (Å²) in [6, 6.07) is 4.94. The molecule has 0 fully saturated rings. The summed E-state index contributed by atoms with van der Waals surface area (Å²) in [6.45, 7) is 2.58. The molecule has 1 N–H and O–H groups in total. The molecule has 0 aliphatic rings. The smallest absolute Gasteiger partial charge is 0.242 e. The fraction of sp³-hybridized carbons (Fsp3) is 0.417. The first kappa shape index (κ1) is 13.0. The van der Waals surface area contributed by atoms with Gasteiger partial charge in [-0.3, -0.25) is 0 Å². The van der Waals surface area contributed by atoms with Gasteiger partial charge in [-0.15, -0.1) is 0 Å². The zero-order valence-corrected chi connectivity index (χ0v) is 11.4. The number of imidazole rings is 1. The van der Waals surface area contributed by atoms with Gasteiger partial charge in [0.25, 0.3) is 0 Å². The number of aromatic nitrogens is 2. The van der Waals surface area contributed by atoms with Gasteiger partial charge in [-0.1, -0.05) is 13.3 Å². The minimum atomic E-state index is -3.40. The van der Waals surface area contributed by atoms with Gasteiger partial charge in [-0.05, 0) is 24.6 Å². The average molecular weight is 267 g/mol. The van der Waals surface area contributed by atoms with Crippen LogP contribution in [0, 0.1) is 0 Å². The van der Waals surface area contributed by atoms with Crippen molar-refractivity contribution in [2.45, 2.75) is 24.7 Å². The van der Waals surface area contributed by atoms with E-state index in [1.165, 1.54) is 4.31 Å². The van der Waals surface area contributed by atoms with Crippen molar-refractivity contribution < 1.29 is 8.42 Å². The zero-order valence-electron chi connectivity index (χ0n) is 10.5. The Bertz CT molecular complexity index is 634. The van der Waals surface area contributed by atoms with Crippen molar-refractivity contribution >= 4 is 21.1 Å². The molecule has 2 aromatic rings. The van der Waals surface area contributed by atoms with Gasteiger partial charge in [0.2, 0.25) is 10.0 Å². The summed E-state index contributed by atoms with van der Waals surface area (Å²) in [5, 5.41) is 0. The number of sulfonamides is 1. The molecule has 0 unspecified atom stereocenters. The number of unbranched alkanes of at least 4 members (excludes halogenated alkanes) is 1. The summed E-state index contributed by atoms with van der Waals surface area (Å²) in [5.74, 6) is 0. The minimum Gasteiger partial charge on any atom is -0.345 e. The van der Waals surface area contributed by atoms with Crippen molar-refractivity contribution in [3.63, 3.8) is 0 Å². The molecule has 1 heterocycles. The Hall–Kier alpha value is -1.40. The molecular weight excluding hydrogens is 250 g/mol. The molecule has 5 nitrogen and oxygen atoms in total. The van der Waals surface area contributed by atoms with E-state index in [0.717, 1.165) is 23.9 Å². The van der Waals surface area contributed by atoms with Crippen LogP contribution in [0.5, 0.6) is 0 Å². The third kappa shape index (κ3) is 2.39. The Labute approximate surface area is 107 Å². The molecule has 98 valence electrons. The second-order valence-corrected chi connectivity index (χ2v) is 6.31. The zero-order chi connectivity index (χ0) is 13.2. The molecule has 1 aromatic heterocycles. The highest BCUT2D eigenvalue weighted by atomic mass is 32.2. The topological polar surface area (TPSA) is 66.1 Å². The van der Waals surface area contributed by atoms with Crippen LogP contribution in [0.2, 0.25) is 0 Å². The van der Waals surface area contributed by atoms with E-state index in [2.05, 4.69) is 9.97 Å². The standard InChI is InChI=1S/C12H17N3O2S/c1-3-4-7-15(2)18(16,17)10-5-6-11-12(8-10)14-9-13-11/h5-6,8-9H,3-4,7H2,1-2H3,(H,13,14). The highest BCUT2D eigenvalue weighted by Crippen LogP contribution is 2.19. The molecule has 0 amide bonds. The molecule has 0 aliphatic carbocycles. The summed E-state index contributed by atoms with van der Waals surface area (Å²) in [4.78, 5) is 7.30. The van der Waals surface area contributed by atoms with Gasteiger partial charge in [0, 0.05) is 13.6 Å². The molecule has 0 saturated heterocycles. The first-order chi connectivity index (χ1) is 8.55. The fourth-order valence-electron chi connectivity index (χ4n) is 1.76. The van der Waals surface area contributed by atoms with Crippen molar-refractivity contribution in [1.82, 2.24) is 14.3 Å². The van der Waals surface area contributed by atoms with Gasteiger partial charge in [-0.2, -0.15) is 0 Å². The van der Waals surface area contributed by atoms with Crippen LogP contribution in [0.25, 0.3) is 11.0 Å². The lowest BCUT2D eigenvalue weighted by atomic mass is 10.3. The quantitative estimate of drug-likeness (QED) is 0.900. The van der Waals surface area contributed by atoms with Gasteiger partial charge in [0.15, 0.2) is 0 Å². The number of hydrogen-bond acceptors (Lipinski definition) is 3. The van der Waals surface area contributed by atoms with E-state index in [0.29, 0.717) is 11.4 Å². The molecular formula is C12H17N3O2S. The SMILES string of the molecule is CCCCN(C)S(=O)(=O)c1ccc2nc[nH]c2c1. The van der Waals surface area contributed by atoms with Crippen molar-refractivity contribution in [1.29, 1.82) is 0 Å². The van der Waals surface area contributed by atoms with E-state index in [-0.39, 0.29) is 0 Å². The third-order valence-corrected chi connectivity index (χ3v) is 4.78. The monoisotopic (exact) mass is 267 g/mol. The highest BCUT2D eigenvalue weighted by Gasteiger charge is 2.20.